The van der Waals surface area contributed by atoms with E-state index in [0.29, 0.717) is 23.5 Å². The third-order valence-corrected chi connectivity index (χ3v) is 5.99. The van der Waals surface area contributed by atoms with Gasteiger partial charge in [0.2, 0.25) is 0 Å². The Morgan fingerprint density at radius 2 is 1.92 bits per heavy atom. The molecule has 3 aromatic rings. The normalized spacial score (nSPS) is 13.0. The molecule has 0 unspecified atom stereocenters. The van der Waals surface area contributed by atoms with Crippen molar-refractivity contribution in [1.29, 1.82) is 0 Å². The van der Waals surface area contributed by atoms with E-state index in [1.54, 1.807) is 17.4 Å². The van der Waals surface area contributed by atoms with Crippen molar-refractivity contribution in [1.82, 2.24) is 0 Å². The molecule has 0 bridgehead atoms. The van der Waals surface area contributed by atoms with E-state index in [-0.39, 0.29) is 5.63 Å². The maximum absolute atomic E-state index is 12.1. The van der Waals surface area contributed by atoms with Crippen LogP contribution in [0.5, 0.6) is 0 Å². The molecule has 0 aliphatic heterocycles. The van der Waals surface area contributed by atoms with Gasteiger partial charge >= 0.3 is 5.63 Å². The summed E-state index contributed by atoms with van der Waals surface area (Å²) in [6.45, 7) is 11.7. The van der Waals surface area contributed by atoms with Crippen molar-refractivity contribution >= 4 is 22.3 Å². The number of quaternary nitrogens is 1. The molecule has 3 nitrogen and oxygen atoms in total. The Kier molecular flexibility index (Phi) is 5.64. The molecule has 0 saturated carbocycles. The van der Waals surface area contributed by atoms with Gasteiger partial charge in [-0.25, -0.2) is 4.79 Å². The summed E-state index contributed by atoms with van der Waals surface area (Å²) < 4.78 is 5.48. The highest BCUT2D eigenvalue weighted by Gasteiger charge is 2.21. The van der Waals surface area contributed by atoms with Gasteiger partial charge in [-0.2, -0.15) is 0 Å². The molecule has 0 spiro atoms. The molecule has 0 amide bonds. The minimum Gasteiger partial charge on any atom is -0.423 e. The van der Waals surface area contributed by atoms with Gasteiger partial charge in [0.15, 0.2) is 0 Å². The fourth-order valence-electron chi connectivity index (χ4n) is 3.63. The van der Waals surface area contributed by atoms with E-state index >= 15 is 0 Å². The molecule has 0 fully saturated rings. The summed E-state index contributed by atoms with van der Waals surface area (Å²) in [5.74, 6) is 0.964. The highest BCUT2D eigenvalue weighted by Crippen LogP contribution is 2.27. The van der Waals surface area contributed by atoms with Crippen molar-refractivity contribution in [3.05, 3.63) is 67.7 Å². The largest absolute Gasteiger partial charge is 0.423 e. The Hall–Kier alpha value is -1.91. The SMILES string of the molecule is Cc1cc2oc(=O)cc(C[NH2+][C@@H](c3cccs3)C(C)C)c2cc1C(C)C. The molecule has 0 radical (unpaired) electrons. The molecular weight excluding hydrogens is 342 g/mol. The van der Waals surface area contributed by atoms with E-state index < -0.39 is 0 Å². The van der Waals surface area contributed by atoms with Crippen molar-refractivity contribution in [3.8, 4) is 0 Å². The fourth-order valence-corrected chi connectivity index (χ4v) is 4.63. The second kappa shape index (κ2) is 7.77. The zero-order valence-electron chi connectivity index (χ0n) is 16.2. The summed E-state index contributed by atoms with van der Waals surface area (Å²) in [7, 11) is 0. The lowest BCUT2D eigenvalue weighted by molar-refractivity contribution is -0.716. The molecular formula is C22H28NO2S+. The lowest BCUT2D eigenvalue weighted by Gasteiger charge is -2.19. The van der Waals surface area contributed by atoms with Crippen molar-refractivity contribution < 1.29 is 9.73 Å². The summed E-state index contributed by atoms with van der Waals surface area (Å²) in [5.41, 5.74) is 3.97. The minimum atomic E-state index is -0.269. The molecule has 2 aromatic heterocycles. The molecule has 138 valence electrons. The van der Waals surface area contributed by atoms with Gasteiger partial charge in [-0.3, -0.25) is 0 Å². The Balaban J connectivity index is 1.98. The Morgan fingerprint density at radius 3 is 2.54 bits per heavy atom. The topological polar surface area (TPSA) is 46.8 Å². The van der Waals surface area contributed by atoms with Crippen LogP contribution in [0.1, 0.15) is 61.2 Å². The number of fused-ring (bicyclic) bond motifs is 1. The highest BCUT2D eigenvalue weighted by atomic mass is 32.1. The third kappa shape index (κ3) is 3.92. The summed E-state index contributed by atoms with van der Waals surface area (Å²) in [6.07, 6.45) is 0. The molecule has 3 rings (SSSR count). The first-order chi connectivity index (χ1) is 12.4. The maximum atomic E-state index is 12.1. The second-order valence-electron chi connectivity index (χ2n) is 7.68. The van der Waals surface area contributed by atoms with Gasteiger partial charge in [0.05, 0.1) is 4.88 Å². The average Bonchev–Trinajstić information content (AvgIpc) is 3.07. The Bertz CT molecular complexity index is 939. The van der Waals surface area contributed by atoms with Crippen LogP contribution in [0.25, 0.3) is 11.0 Å². The average molecular weight is 371 g/mol. The van der Waals surface area contributed by atoms with Crippen LogP contribution in [0.2, 0.25) is 0 Å². The van der Waals surface area contributed by atoms with E-state index in [4.69, 9.17) is 4.42 Å². The van der Waals surface area contributed by atoms with Gasteiger partial charge in [-0.15, -0.1) is 11.3 Å². The van der Waals surface area contributed by atoms with Gasteiger partial charge in [0.25, 0.3) is 0 Å². The number of thiophene rings is 1. The zero-order valence-corrected chi connectivity index (χ0v) is 17.0. The van der Waals surface area contributed by atoms with Gasteiger partial charge < -0.3 is 9.73 Å². The minimum absolute atomic E-state index is 0.269. The molecule has 4 heteroatoms. The summed E-state index contributed by atoms with van der Waals surface area (Å²) >= 11 is 1.80. The van der Waals surface area contributed by atoms with Crippen LogP contribution in [0.4, 0.5) is 0 Å². The van der Waals surface area contributed by atoms with Crippen molar-refractivity contribution in [2.24, 2.45) is 5.92 Å². The molecule has 1 aromatic carbocycles. The van der Waals surface area contributed by atoms with Gasteiger partial charge in [0.1, 0.15) is 18.2 Å². The Morgan fingerprint density at radius 1 is 1.15 bits per heavy atom. The number of nitrogens with two attached hydrogens (primary N) is 1. The Labute approximate surface area is 159 Å². The predicted molar refractivity (Wildman–Crippen MR) is 109 cm³/mol. The molecule has 26 heavy (non-hydrogen) atoms. The van der Waals surface area contributed by atoms with Crippen LogP contribution in [-0.4, -0.2) is 0 Å². The molecule has 0 aliphatic rings. The number of hydrogen-bond acceptors (Lipinski definition) is 3. The monoisotopic (exact) mass is 370 g/mol. The molecule has 0 saturated heterocycles. The summed E-state index contributed by atoms with van der Waals surface area (Å²) in [6, 6.07) is 10.6. The van der Waals surface area contributed by atoms with E-state index in [0.717, 1.165) is 17.5 Å². The quantitative estimate of drug-likeness (QED) is 0.637. The maximum Gasteiger partial charge on any atom is 0.336 e. The second-order valence-corrected chi connectivity index (χ2v) is 8.65. The van der Waals surface area contributed by atoms with Crippen LogP contribution in [0.15, 0.2) is 44.9 Å². The van der Waals surface area contributed by atoms with Crippen LogP contribution in [-0.2, 0) is 6.54 Å². The van der Waals surface area contributed by atoms with E-state index in [9.17, 15) is 4.79 Å². The van der Waals surface area contributed by atoms with Crippen LogP contribution in [0, 0.1) is 12.8 Å². The number of hydrogen-bond donors (Lipinski definition) is 1. The summed E-state index contributed by atoms with van der Waals surface area (Å²) in [4.78, 5) is 13.4. The van der Waals surface area contributed by atoms with Crippen molar-refractivity contribution in [2.45, 2.75) is 53.1 Å². The first-order valence-electron chi connectivity index (χ1n) is 9.30. The van der Waals surface area contributed by atoms with Gasteiger partial charge in [-0.05, 0) is 47.5 Å². The predicted octanol–water partition coefficient (Wildman–Crippen LogP) is 4.75. The molecule has 2 heterocycles. The van der Waals surface area contributed by atoms with Crippen molar-refractivity contribution in [3.63, 3.8) is 0 Å². The molecule has 0 aliphatic carbocycles. The van der Waals surface area contributed by atoms with Crippen LogP contribution in [0.3, 0.4) is 0 Å². The van der Waals surface area contributed by atoms with Crippen LogP contribution < -0.4 is 10.9 Å². The van der Waals surface area contributed by atoms with Gasteiger partial charge in [-0.1, -0.05) is 33.8 Å². The van der Waals surface area contributed by atoms with Gasteiger partial charge in [0, 0.05) is 22.9 Å². The lowest BCUT2D eigenvalue weighted by atomic mass is 9.94. The van der Waals surface area contributed by atoms with Crippen molar-refractivity contribution in [2.75, 3.05) is 0 Å². The highest BCUT2D eigenvalue weighted by molar-refractivity contribution is 7.10. The number of rotatable bonds is 6. The van der Waals surface area contributed by atoms with E-state index in [2.05, 4.69) is 63.5 Å². The standard InChI is InChI=1S/C22H27NO2S/c1-13(2)17-11-18-16(10-21(24)25-19(18)9-15(17)5)12-23-22(14(3)4)20-7-6-8-26-20/h6-11,13-14,22-23H,12H2,1-5H3/p+1/t22-/m1/s1. The van der Waals surface area contributed by atoms with E-state index in [1.807, 2.05) is 6.07 Å². The smallest absolute Gasteiger partial charge is 0.336 e. The van der Waals surface area contributed by atoms with E-state index in [1.165, 1.54) is 16.0 Å². The van der Waals surface area contributed by atoms with Crippen LogP contribution >= 0.6 is 11.3 Å². The molecule has 1 atom stereocenters. The number of benzene rings is 1. The first-order valence-corrected chi connectivity index (χ1v) is 10.2. The zero-order chi connectivity index (χ0) is 18.8. The number of aryl methyl sites for hydroxylation is 1. The lowest BCUT2D eigenvalue weighted by Crippen LogP contribution is -2.84. The third-order valence-electron chi connectivity index (χ3n) is 5.02. The molecule has 2 N–H and O–H groups in total. The fraction of sp³-hybridized carbons (Fsp3) is 0.409. The first kappa shape index (κ1) is 18.9. The summed E-state index contributed by atoms with van der Waals surface area (Å²) in [5, 5.41) is 5.53.